The zero-order chi connectivity index (χ0) is 17.8. The normalized spacial score (nSPS) is 11.1. The third-order valence-electron chi connectivity index (χ3n) is 3.81. The van der Waals surface area contributed by atoms with Gasteiger partial charge in [-0.05, 0) is 17.7 Å². The zero-order valence-corrected chi connectivity index (χ0v) is 14.1. The van der Waals surface area contributed by atoms with E-state index in [-0.39, 0.29) is 0 Å². The summed E-state index contributed by atoms with van der Waals surface area (Å²) in [6, 6.07) is 19.4. The lowest BCUT2D eigenvalue weighted by atomic mass is 10.1. The van der Waals surface area contributed by atoms with Crippen molar-refractivity contribution in [3.63, 3.8) is 0 Å². The maximum atomic E-state index is 5.22. The molecule has 2 heterocycles. The molecule has 128 valence electrons. The number of aromatic nitrogens is 4. The largest absolute Gasteiger partial charge is 0.497 e. The summed E-state index contributed by atoms with van der Waals surface area (Å²) in [7, 11) is 1.64. The van der Waals surface area contributed by atoms with Gasteiger partial charge in [-0.3, -0.25) is 5.43 Å². The van der Waals surface area contributed by atoms with E-state index in [1.807, 2.05) is 60.7 Å². The van der Waals surface area contributed by atoms with Crippen molar-refractivity contribution in [1.82, 2.24) is 19.6 Å². The quantitative estimate of drug-likeness (QED) is 0.444. The second-order valence-electron chi connectivity index (χ2n) is 5.51. The lowest BCUT2D eigenvalue weighted by Gasteiger charge is -2.06. The van der Waals surface area contributed by atoms with Crippen LogP contribution >= 0.6 is 0 Å². The first-order valence-electron chi connectivity index (χ1n) is 8.03. The maximum absolute atomic E-state index is 5.22. The maximum Gasteiger partial charge on any atom is 0.254 e. The molecule has 0 radical (unpaired) electrons. The number of hydrazone groups is 1. The van der Waals surface area contributed by atoms with E-state index in [2.05, 4.69) is 25.6 Å². The number of nitrogens with one attached hydrogen (secondary N) is 1. The van der Waals surface area contributed by atoms with E-state index in [0.717, 1.165) is 22.6 Å². The van der Waals surface area contributed by atoms with E-state index in [1.165, 1.54) is 6.33 Å². The molecule has 0 saturated carbocycles. The molecule has 0 bridgehead atoms. The van der Waals surface area contributed by atoms with Crippen LogP contribution in [0.2, 0.25) is 0 Å². The number of nitrogens with zero attached hydrogens (tertiary/aromatic N) is 5. The molecule has 0 spiro atoms. The van der Waals surface area contributed by atoms with Crippen LogP contribution in [-0.4, -0.2) is 32.9 Å². The fourth-order valence-electron chi connectivity index (χ4n) is 2.54. The standard InChI is InChI=1S/C19H16N6O/c1-26-16-9-5-6-14(10-16)12-21-24-18-11-17(15-7-3-2-4-8-15)23-19-20-13-22-25(18)19/h2-13,24H,1H3. The van der Waals surface area contributed by atoms with Gasteiger partial charge >= 0.3 is 0 Å². The summed E-state index contributed by atoms with van der Waals surface area (Å²) in [5.74, 6) is 1.96. The Balaban J connectivity index is 1.65. The molecule has 0 amide bonds. The highest BCUT2D eigenvalue weighted by Crippen LogP contribution is 2.21. The molecule has 7 nitrogen and oxygen atoms in total. The van der Waals surface area contributed by atoms with Crippen molar-refractivity contribution in [3.8, 4) is 17.0 Å². The SMILES string of the molecule is COc1cccc(C=NNc2cc(-c3ccccc3)nc3ncnn23)c1. The first kappa shape index (κ1) is 15.8. The molecule has 0 saturated heterocycles. The van der Waals surface area contributed by atoms with Gasteiger partial charge in [-0.25, -0.2) is 4.98 Å². The van der Waals surface area contributed by atoms with E-state index in [4.69, 9.17) is 4.74 Å². The highest BCUT2D eigenvalue weighted by atomic mass is 16.5. The molecule has 0 unspecified atom stereocenters. The number of fused-ring (bicyclic) bond motifs is 1. The molecule has 0 aliphatic rings. The molecule has 7 heteroatoms. The molecular formula is C19H16N6O. The number of anilines is 1. The third-order valence-corrected chi connectivity index (χ3v) is 3.81. The summed E-state index contributed by atoms with van der Waals surface area (Å²) < 4.78 is 6.83. The average molecular weight is 344 g/mol. The van der Waals surface area contributed by atoms with Crippen molar-refractivity contribution >= 4 is 17.8 Å². The number of hydrogen-bond donors (Lipinski definition) is 1. The van der Waals surface area contributed by atoms with Crippen molar-refractivity contribution in [2.24, 2.45) is 5.10 Å². The minimum Gasteiger partial charge on any atom is -0.497 e. The molecule has 2 aromatic carbocycles. The van der Waals surface area contributed by atoms with Crippen LogP contribution < -0.4 is 10.2 Å². The molecule has 0 fully saturated rings. The van der Waals surface area contributed by atoms with E-state index in [1.54, 1.807) is 17.8 Å². The zero-order valence-electron chi connectivity index (χ0n) is 14.1. The molecule has 4 rings (SSSR count). The first-order valence-corrected chi connectivity index (χ1v) is 8.03. The molecular weight excluding hydrogens is 328 g/mol. The number of benzene rings is 2. The predicted octanol–water partition coefficient (Wildman–Crippen LogP) is 3.25. The van der Waals surface area contributed by atoms with Gasteiger partial charge in [0.1, 0.15) is 12.1 Å². The molecule has 2 aromatic heterocycles. The van der Waals surface area contributed by atoms with Crippen LogP contribution in [0.25, 0.3) is 17.0 Å². The second kappa shape index (κ2) is 7.02. The van der Waals surface area contributed by atoms with E-state index in [9.17, 15) is 0 Å². The van der Waals surface area contributed by atoms with E-state index in [0.29, 0.717) is 11.6 Å². The predicted molar refractivity (Wildman–Crippen MR) is 100 cm³/mol. The van der Waals surface area contributed by atoms with E-state index >= 15 is 0 Å². The van der Waals surface area contributed by atoms with Crippen LogP contribution in [0, 0.1) is 0 Å². The van der Waals surface area contributed by atoms with Crippen LogP contribution in [-0.2, 0) is 0 Å². The molecule has 26 heavy (non-hydrogen) atoms. The third kappa shape index (κ3) is 3.23. The Morgan fingerprint density at radius 2 is 1.96 bits per heavy atom. The van der Waals surface area contributed by atoms with Crippen LogP contribution in [0.1, 0.15) is 5.56 Å². The topological polar surface area (TPSA) is 76.7 Å². The van der Waals surface area contributed by atoms with Gasteiger partial charge in [-0.15, -0.1) is 0 Å². The van der Waals surface area contributed by atoms with Crippen LogP contribution in [0.3, 0.4) is 0 Å². The molecule has 1 N–H and O–H groups in total. The highest BCUT2D eigenvalue weighted by Gasteiger charge is 2.08. The summed E-state index contributed by atoms with van der Waals surface area (Å²) in [6.45, 7) is 0. The Labute approximate surface area is 150 Å². The Morgan fingerprint density at radius 1 is 1.08 bits per heavy atom. The number of methoxy groups -OCH3 is 1. The summed E-state index contributed by atoms with van der Waals surface area (Å²) in [5, 5.41) is 8.50. The minimum absolute atomic E-state index is 0.505. The molecule has 0 atom stereocenters. The smallest absolute Gasteiger partial charge is 0.254 e. The molecule has 0 aliphatic carbocycles. The molecule has 4 aromatic rings. The van der Waals surface area contributed by atoms with Gasteiger partial charge in [0.2, 0.25) is 0 Å². The minimum atomic E-state index is 0.505. The lowest BCUT2D eigenvalue weighted by molar-refractivity contribution is 0.415. The van der Waals surface area contributed by atoms with Crippen molar-refractivity contribution in [1.29, 1.82) is 0 Å². The van der Waals surface area contributed by atoms with Crippen molar-refractivity contribution in [3.05, 3.63) is 72.6 Å². The Kier molecular flexibility index (Phi) is 4.26. The Morgan fingerprint density at radius 3 is 2.81 bits per heavy atom. The fraction of sp³-hybridized carbons (Fsp3) is 0.0526. The van der Waals surface area contributed by atoms with Gasteiger partial charge in [-0.2, -0.15) is 19.7 Å². The van der Waals surface area contributed by atoms with Crippen molar-refractivity contribution in [2.75, 3.05) is 12.5 Å². The van der Waals surface area contributed by atoms with Gasteiger partial charge in [0.05, 0.1) is 19.0 Å². The van der Waals surface area contributed by atoms with E-state index < -0.39 is 0 Å². The summed E-state index contributed by atoms with van der Waals surface area (Å²) in [5.41, 5.74) is 5.73. The van der Waals surface area contributed by atoms with Gasteiger partial charge in [0.25, 0.3) is 5.78 Å². The fourth-order valence-corrected chi connectivity index (χ4v) is 2.54. The summed E-state index contributed by atoms with van der Waals surface area (Å²) in [6.07, 6.45) is 3.18. The van der Waals surface area contributed by atoms with Crippen LogP contribution in [0.5, 0.6) is 5.75 Å². The Hall–Kier alpha value is -3.74. The number of rotatable bonds is 5. The molecule has 0 aliphatic heterocycles. The van der Waals surface area contributed by atoms with Gasteiger partial charge in [0.15, 0.2) is 5.82 Å². The van der Waals surface area contributed by atoms with Gasteiger partial charge in [-0.1, -0.05) is 42.5 Å². The van der Waals surface area contributed by atoms with Gasteiger partial charge < -0.3 is 4.74 Å². The van der Waals surface area contributed by atoms with Crippen molar-refractivity contribution in [2.45, 2.75) is 0 Å². The van der Waals surface area contributed by atoms with Crippen molar-refractivity contribution < 1.29 is 4.74 Å². The summed E-state index contributed by atoms with van der Waals surface area (Å²) >= 11 is 0. The average Bonchev–Trinajstić information content (AvgIpc) is 3.18. The second-order valence-corrected chi connectivity index (χ2v) is 5.51. The van der Waals surface area contributed by atoms with Gasteiger partial charge in [0, 0.05) is 11.6 Å². The van der Waals surface area contributed by atoms with Crippen LogP contribution in [0.15, 0.2) is 72.1 Å². The first-order chi connectivity index (χ1) is 12.8. The lowest BCUT2D eigenvalue weighted by Crippen LogP contribution is -2.02. The van der Waals surface area contributed by atoms with Crippen LogP contribution in [0.4, 0.5) is 5.82 Å². The number of ether oxygens (including phenoxy) is 1. The highest BCUT2D eigenvalue weighted by molar-refractivity contribution is 5.80. The Bertz CT molecular complexity index is 1060. The monoisotopic (exact) mass is 344 g/mol. The number of hydrogen-bond acceptors (Lipinski definition) is 6. The summed E-state index contributed by atoms with van der Waals surface area (Å²) in [4.78, 5) is 8.72.